The molecular formula is C30H37N9O3. The van der Waals surface area contributed by atoms with Crippen molar-refractivity contribution in [2.24, 2.45) is 0 Å². The Morgan fingerprint density at radius 2 is 2.05 bits per heavy atom. The van der Waals surface area contributed by atoms with Crippen LogP contribution in [-0.2, 0) is 17.6 Å². The summed E-state index contributed by atoms with van der Waals surface area (Å²) in [7, 11) is 1.58. The van der Waals surface area contributed by atoms with Crippen molar-refractivity contribution in [3.8, 4) is 5.75 Å². The van der Waals surface area contributed by atoms with E-state index < -0.39 is 12.0 Å². The molecule has 0 radical (unpaired) electrons. The number of benzene rings is 1. The summed E-state index contributed by atoms with van der Waals surface area (Å²) in [6.07, 6.45) is 8.08. The third-order valence-corrected chi connectivity index (χ3v) is 8.23. The van der Waals surface area contributed by atoms with Gasteiger partial charge in [-0.1, -0.05) is 19.1 Å². The molecule has 0 spiro atoms. The molecule has 2 aliphatic heterocycles. The highest BCUT2D eigenvalue weighted by molar-refractivity contribution is 5.83. The number of pyridine rings is 1. The largest absolute Gasteiger partial charge is 0.494 e. The Bertz CT molecular complexity index is 1570. The number of anilines is 3. The molecule has 12 heteroatoms. The van der Waals surface area contributed by atoms with E-state index >= 15 is 0 Å². The van der Waals surface area contributed by atoms with Crippen LogP contribution in [0.3, 0.4) is 0 Å². The minimum absolute atomic E-state index is 0.114. The van der Waals surface area contributed by atoms with Gasteiger partial charge in [-0.25, -0.2) is 29.4 Å². The van der Waals surface area contributed by atoms with Gasteiger partial charge in [-0.3, -0.25) is 0 Å². The van der Waals surface area contributed by atoms with Crippen LogP contribution in [0, 0.1) is 0 Å². The van der Waals surface area contributed by atoms with Gasteiger partial charge in [0.2, 0.25) is 0 Å². The maximum atomic E-state index is 12.2. The molecule has 42 heavy (non-hydrogen) atoms. The fourth-order valence-corrected chi connectivity index (χ4v) is 5.95. The van der Waals surface area contributed by atoms with Gasteiger partial charge in [0.1, 0.15) is 41.4 Å². The molecule has 220 valence electrons. The number of nitrogens with one attached hydrogen (secondary N) is 3. The number of carboxylic acid groups (broad SMARTS) is 1. The summed E-state index contributed by atoms with van der Waals surface area (Å²) >= 11 is 0. The summed E-state index contributed by atoms with van der Waals surface area (Å²) in [5, 5.41) is 16.7. The van der Waals surface area contributed by atoms with Crippen LogP contribution in [0.1, 0.15) is 48.9 Å². The fourth-order valence-electron chi connectivity index (χ4n) is 5.95. The van der Waals surface area contributed by atoms with Crippen LogP contribution in [-0.4, -0.2) is 75.0 Å². The first-order chi connectivity index (χ1) is 20.6. The fraction of sp³-hybridized carbons (Fsp3) is 0.433. The van der Waals surface area contributed by atoms with Crippen LogP contribution in [0.2, 0.25) is 0 Å². The van der Waals surface area contributed by atoms with Crippen molar-refractivity contribution in [1.29, 1.82) is 0 Å². The van der Waals surface area contributed by atoms with Crippen molar-refractivity contribution in [1.82, 2.24) is 24.6 Å². The zero-order valence-corrected chi connectivity index (χ0v) is 24.0. The van der Waals surface area contributed by atoms with Crippen molar-refractivity contribution < 1.29 is 14.6 Å². The van der Waals surface area contributed by atoms with E-state index in [0.717, 1.165) is 68.0 Å². The van der Waals surface area contributed by atoms with Gasteiger partial charge >= 0.3 is 5.97 Å². The van der Waals surface area contributed by atoms with Crippen LogP contribution in [0.4, 0.5) is 17.5 Å². The predicted molar refractivity (Wildman–Crippen MR) is 162 cm³/mol. The van der Waals surface area contributed by atoms with Crippen molar-refractivity contribution >= 4 is 34.5 Å². The number of hydrogen-bond acceptors (Lipinski definition) is 10. The Hall–Kier alpha value is -4.61. The lowest BCUT2D eigenvalue weighted by atomic mass is 9.92. The number of nitrogens with zero attached hydrogens (tertiary/aromatic N) is 6. The quantitative estimate of drug-likeness (QED) is 0.222. The Morgan fingerprint density at radius 3 is 2.83 bits per heavy atom. The number of imidazole rings is 1. The molecule has 12 nitrogen and oxygen atoms in total. The van der Waals surface area contributed by atoms with Gasteiger partial charge < -0.3 is 30.8 Å². The number of aliphatic carboxylic acids is 1. The Kier molecular flexibility index (Phi) is 7.93. The number of rotatable bonds is 10. The molecule has 0 bridgehead atoms. The third kappa shape index (κ3) is 5.48. The lowest BCUT2D eigenvalue weighted by Crippen LogP contribution is -2.40. The highest BCUT2D eigenvalue weighted by Gasteiger charge is 2.26. The summed E-state index contributed by atoms with van der Waals surface area (Å²) < 4.78 is 6.99. The number of aromatic nitrogens is 5. The molecular weight excluding hydrogens is 534 g/mol. The lowest BCUT2D eigenvalue weighted by molar-refractivity contribution is -0.137. The molecule has 3 aromatic heterocycles. The SMILES string of the molecule is CCc1c(NCC(Nn2cnc3c(OC)cccc32)C(=O)O)ncnc1N1CCC(c2ccc3c(n2)NCCC3)CC1. The zero-order chi connectivity index (χ0) is 29.1. The normalized spacial score (nSPS) is 16.0. The molecule has 0 saturated carbocycles. The van der Waals surface area contributed by atoms with E-state index in [1.165, 1.54) is 11.3 Å². The van der Waals surface area contributed by atoms with E-state index in [-0.39, 0.29) is 6.54 Å². The molecule has 0 amide bonds. The monoisotopic (exact) mass is 571 g/mol. The highest BCUT2D eigenvalue weighted by Crippen LogP contribution is 2.33. The average Bonchev–Trinajstić information content (AvgIpc) is 3.45. The van der Waals surface area contributed by atoms with Gasteiger partial charge in [0.15, 0.2) is 6.04 Å². The lowest BCUT2D eigenvalue weighted by Gasteiger charge is -2.34. The van der Waals surface area contributed by atoms with E-state index in [4.69, 9.17) is 9.72 Å². The first-order valence-corrected chi connectivity index (χ1v) is 14.6. The predicted octanol–water partition coefficient (Wildman–Crippen LogP) is 3.64. The average molecular weight is 572 g/mol. The standard InChI is InChI=1S/C30H37N9O3/c1-3-21-28(32-16-23(30(40)41)37-39-18-35-26-24(39)7-4-8-25(26)42-2)33-17-34-29(21)38-14-11-19(12-15-38)22-10-9-20-6-5-13-31-27(20)36-22/h4,7-10,17-19,23,37H,3,5-6,11-16H2,1-2H3,(H,31,36)(H,40,41)(H,32,33,34). The van der Waals surface area contributed by atoms with Crippen LogP contribution < -0.4 is 25.7 Å². The van der Waals surface area contributed by atoms with Crippen molar-refractivity contribution in [3.05, 3.63) is 59.8 Å². The Labute approximate surface area is 244 Å². The highest BCUT2D eigenvalue weighted by atomic mass is 16.5. The summed E-state index contributed by atoms with van der Waals surface area (Å²) in [4.78, 5) is 33.0. The molecule has 4 N–H and O–H groups in total. The molecule has 6 rings (SSSR count). The molecule has 1 fully saturated rings. The Morgan fingerprint density at radius 1 is 1.19 bits per heavy atom. The molecule has 1 unspecified atom stereocenters. The van der Waals surface area contributed by atoms with E-state index in [2.05, 4.69) is 55.0 Å². The second-order valence-corrected chi connectivity index (χ2v) is 10.8. The van der Waals surface area contributed by atoms with E-state index in [0.29, 0.717) is 29.4 Å². The number of fused-ring (bicyclic) bond motifs is 2. The van der Waals surface area contributed by atoms with Gasteiger partial charge in [-0.2, -0.15) is 0 Å². The number of piperidine rings is 1. The number of hydrogen-bond donors (Lipinski definition) is 4. The van der Waals surface area contributed by atoms with Crippen molar-refractivity contribution in [2.45, 2.75) is 51.0 Å². The molecule has 1 aromatic carbocycles. The van der Waals surface area contributed by atoms with Crippen LogP contribution in [0.5, 0.6) is 5.75 Å². The summed E-state index contributed by atoms with van der Waals surface area (Å²) in [5.74, 6) is 2.66. The second-order valence-electron chi connectivity index (χ2n) is 10.8. The van der Waals surface area contributed by atoms with Gasteiger partial charge in [0, 0.05) is 43.4 Å². The maximum Gasteiger partial charge on any atom is 0.329 e. The number of aryl methyl sites for hydroxylation is 1. The van der Waals surface area contributed by atoms with Crippen LogP contribution in [0.25, 0.3) is 11.0 Å². The molecule has 1 atom stereocenters. The smallest absolute Gasteiger partial charge is 0.329 e. The van der Waals surface area contributed by atoms with Gasteiger partial charge in [-0.15, -0.1) is 0 Å². The summed E-state index contributed by atoms with van der Waals surface area (Å²) in [6, 6.07) is 9.02. The number of carbonyl (C=O) groups is 1. The first kappa shape index (κ1) is 27.6. The maximum absolute atomic E-state index is 12.2. The van der Waals surface area contributed by atoms with Crippen LogP contribution >= 0.6 is 0 Å². The molecule has 2 aliphatic rings. The van der Waals surface area contributed by atoms with Crippen molar-refractivity contribution in [3.63, 3.8) is 0 Å². The first-order valence-electron chi connectivity index (χ1n) is 14.6. The zero-order valence-electron chi connectivity index (χ0n) is 24.0. The van der Waals surface area contributed by atoms with Gasteiger partial charge in [0.05, 0.1) is 12.6 Å². The number of carboxylic acids is 1. The third-order valence-electron chi connectivity index (χ3n) is 8.23. The summed E-state index contributed by atoms with van der Waals surface area (Å²) in [5.41, 5.74) is 7.89. The van der Waals surface area contributed by atoms with E-state index in [9.17, 15) is 9.90 Å². The number of methoxy groups -OCH3 is 1. The molecule has 1 saturated heterocycles. The van der Waals surface area contributed by atoms with Crippen LogP contribution in [0.15, 0.2) is 43.0 Å². The topological polar surface area (TPSA) is 142 Å². The molecule has 0 aliphatic carbocycles. The minimum Gasteiger partial charge on any atom is -0.494 e. The van der Waals surface area contributed by atoms with Crippen molar-refractivity contribution in [2.75, 3.05) is 54.2 Å². The van der Waals surface area contributed by atoms with E-state index in [1.54, 1.807) is 24.4 Å². The van der Waals surface area contributed by atoms with Gasteiger partial charge in [0.25, 0.3) is 0 Å². The Balaban J connectivity index is 1.13. The minimum atomic E-state index is -0.993. The summed E-state index contributed by atoms with van der Waals surface area (Å²) in [6.45, 7) is 4.92. The molecule has 5 heterocycles. The molecule has 4 aromatic rings. The van der Waals surface area contributed by atoms with E-state index in [1.807, 2.05) is 18.2 Å². The number of ether oxygens (including phenoxy) is 1. The van der Waals surface area contributed by atoms with Gasteiger partial charge in [-0.05, 0) is 55.9 Å². The second kappa shape index (κ2) is 12.1. The number of para-hydroxylation sites is 1.